The average Bonchev–Trinajstić information content (AvgIpc) is 3.07. The van der Waals surface area contributed by atoms with Crippen LogP contribution in [0.4, 0.5) is 16.2 Å². The van der Waals surface area contributed by atoms with Crippen molar-refractivity contribution in [2.45, 2.75) is 4.90 Å². The third kappa shape index (κ3) is 3.62. The Morgan fingerprint density at radius 1 is 1.19 bits per heavy atom. The molecular weight excluding hydrogens is 360 g/mol. The van der Waals surface area contributed by atoms with Crippen LogP contribution in [-0.2, 0) is 19.5 Å². The molecule has 3 rings (SSSR count). The highest BCUT2D eigenvalue weighted by Gasteiger charge is 2.24. The monoisotopic (exact) mass is 376 g/mol. The number of methoxy groups -OCH3 is 1. The minimum absolute atomic E-state index is 0.0253. The Morgan fingerprint density at radius 3 is 2.54 bits per heavy atom. The summed E-state index contributed by atoms with van der Waals surface area (Å²) in [5.41, 5.74) is 1.02. The predicted octanol–water partition coefficient (Wildman–Crippen LogP) is 2.23. The Balaban J connectivity index is 1.80. The summed E-state index contributed by atoms with van der Waals surface area (Å²) in [4.78, 5) is 24.5. The first kappa shape index (κ1) is 17.7. The fourth-order valence-electron chi connectivity index (χ4n) is 2.47. The fourth-order valence-corrected chi connectivity index (χ4v) is 3.52. The Labute approximate surface area is 150 Å². The lowest BCUT2D eigenvalue weighted by atomic mass is 10.2. The number of amides is 1. The quantitative estimate of drug-likeness (QED) is 0.803. The second kappa shape index (κ2) is 7.04. The van der Waals surface area contributed by atoms with Crippen molar-refractivity contribution in [2.75, 3.05) is 29.9 Å². The van der Waals surface area contributed by atoms with Gasteiger partial charge in [0.2, 0.25) is 0 Å². The van der Waals surface area contributed by atoms with E-state index in [1.54, 1.807) is 6.07 Å². The minimum atomic E-state index is -3.85. The van der Waals surface area contributed by atoms with E-state index in [1.807, 2.05) is 0 Å². The number of anilines is 2. The van der Waals surface area contributed by atoms with Crippen LogP contribution in [0.5, 0.6) is 0 Å². The Kier molecular flexibility index (Phi) is 4.81. The van der Waals surface area contributed by atoms with E-state index >= 15 is 0 Å². The van der Waals surface area contributed by atoms with Crippen LogP contribution in [0, 0.1) is 0 Å². The van der Waals surface area contributed by atoms with Gasteiger partial charge in [-0.3, -0.25) is 9.62 Å². The maximum atomic E-state index is 12.5. The lowest BCUT2D eigenvalue weighted by Crippen LogP contribution is -2.23. The minimum Gasteiger partial charge on any atom is -0.465 e. The van der Waals surface area contributed by atoms with Crippen molar-refractivity contribution >= 4 is 33.5 Å². The molecule has 26 heavy (non-hydrogen) atoms. The van der Waals surface area contributed by atoms with Gasteiger partial charge in [0, 0.05) is 11.4 Å². The third-order valence-corrected chi connectivity index (χ3v) is 5.15. The van der Waals surface area contributed by atoms with E-state index in [0.717, 1.165) is 0 Å². The first-order valence-corrected chi connectivity index (χ1v) is 9.14. The van der Waals surface area contributed by atoms with Crippen molar-refractivity contribution in [1.82, 2.24) is 0 Å². The molecular formula is C17H16N2O6S. The lowest BCUT2D eigenvalue weighted by Gasteiger charge is -2.14. The van der Waals surface area contributed by atoms with Gasteiger partial charge in [-0.15, -0.1) is 0 Å². The molecule has 136 valence electrons. The van der Waals surface area contributed by atoms with Crippen LogP contribution in [0.25, 0.3) is 0 Å². The maximum Gasteiger partial charge on any atom is 0.414 e. The molecule has 0 aromatic heterocycles. The van der Waals surface area contributed by atoms with Gasteiger partial charge in [0.15, 0.2) is 0 Å². The highest BCUT2D eigenvalue weighted by atomic mass is 32.2. The van der Waals surface area contributed by atoms with Gasteiger partial charge in [-0.1, -0.05) is 6.07 Å². The van der Waals surface area contributed by atoms with Crippen molar-refractivity contribution in [3.63, 3.8) is 0 Å². The van der Waals surface area contributed by atoms with Crippen LogP contribution in [-0.4, -0.2) is 40.7 Å². The molecule has 0 bridgehead atoms. The average molecular weight is 376 g/mol. The van der Waals surface area contributed by atoms with Crippen LogP contribution in [0.3, 0.4) is 0 Å². The van der Waals surface area contributed by atoms with E-state index in [4.69, 9.17) is 4.74 Å². The molecule has 1 amide bonds. The zero-order chi connectivity index (χ0) is 18.7. The molecule has 1 heterocycles. The number of nitrogens with zero attached hydrogens (tertiary/aromatic N) is 1. The number of carbonyl (C=O) groups is 2. The third-order valence-electron chi connectivity index (χ3n) is 3.76. The number of esters is 1. The number of benzene rings is 2. The van der Waals surface area contributed by atoms with Crippen molar-refractivity contribution in [2.24, 2.45) is 0 Å². The summed E-state index contributed by atoms with van der Waals surface area (Å²) >= 11 is 0. The fraction of sp³-hybridized carbons (Fsp3) is 0.176. The van der Waals surface area contributed by atoms with E-state index in [9.17, 15) is 18.0 Å². The van der Waals surface area contributed by atoms with Crippen LogP contribution in [0.2, 0.25) is 0 Å². The maximum absolute atomic E-state index is 12.5. The van der Waals surface area contributed by atoms with Crippen molar-refractivity contribution in [3.05, 3.63) is 54.1 Å². The normalized spacial score (nSPS) is 14.0. The van der Waals surface area contributed by atoms with Crippen LogP contribution in [0.15, 0.2) is 53.4 Å². The molecule has 8 nitrogen and oxygen atoms in total. The number of sulfonamides is 1. The van der Waals surface area contributed by atoms with Crippen molar-refractivity contribution in [1.29, 1.82) is 0 Å². The molecule has 1 saturated heterocycles. The van der Waals surface area contributed by atoms with Gasteiger partial charge in [-0.25, -0.2) is 18.0 Å². The first-order chi connectivity index (χ1) is 12.4. The van der Waals surface area contributed by atoms with Gasteiger partial charge in [0.25, 0.3) is 10.0 Å². The molecule has 0 spiro atoms. The summed E-state index contributed by atoms with van der Waals surface area (Å²) in [6.45, 7) is 0.723. The largest absolute Gasteiger partial charge is 0.465 e. The lowest BCUT2D eigenvalue weighted by molar-refractivity contribution is 0.0600. The van der Waals surface area contributed by atoms with Gasteiger partial charge in [-0.2, -0.15) is 0 Å². The summed E-state index contributed by atoms with van der Waals surface area (Å²) in [5.74, 6) is -0.562. The van der Waals surface area contributed by atoms with Gasteiger partial charge in [0.1, 0.15) is 6.61 Å². The molecule has 0 radical (unpaired) electrons. The second-order valence-electron chi connectivity index (χ2n) is 5.44. The number of hydrogen-bond acceptors (Lipinski definition) is 6. The smallest absolute Gasteiger partial charge is 0.414 e. The van der Waals surface area contributed by atoms with Crippen LogP contribution in [0.1, 0.15) is 10.4 Å². The highest BCUT2D eigenvalue weighted by molar-refractivity contribution is 7.92. The van der Waals surface area contributed by atoms with Gasteiger partial charge < -0.3 is 9.47 Å². The summed E-state index contributed by atoms with van der Waals surface area (Å²) in [6.07, 6.45) is -0.460. The predicted molar refractivity (Wildman–Crippen MR) is 93.7 cm³/mol. The van der Waals surface area contributed by atoms with E-state index < -0.39 is 22.1 Å². The number of cyclic esters (lactones) is 1. The van der Waals surface area contributed by atoms with E-state index in [-0.39, 0.29) is 16.1 Å². The van der Waals surface area contributed by atoms with E-state index in [1.165, 1.54) is 54.5 Å². The van der Waals surface area contributed by atoms with Crippen molar-refractivity contribution < 1.29 is 27.5 Å². The number of nitrogens with one attached hydrogen (secondary N) is 1. The number of ether oxygens (including phenoxy) is 2. The topological polar surface area (TPSA) is 102 Å². The molecule has 1 fully saturated rings. The molecule has 0 saturated carbocycles. The zero-order valence-electron chi connectivity index (χ0n) is 13.8. The van der Waals surface area contributed by atoms with Gasteiger partial charge in [-0.05, 0) is 42.5 Å². The highest BCUT2D eigenvalue weighted by Crippen LogP contribution is 2.23. The summed E-state index contributed by atoms with van der Waals surface area (Å²) in [7, 11) is -2.61. The van der Waals surface area contributed by atoms with Gasteiger partial charge in [0.05, 0.1) is 24.1 Å². The van der Waals surface area contributed by atoms with Crippen molar-refractivity contribution in [3.8, 4) is 0 Å². The second-order valence-corrected chi connectivity index (χ2v) is 7.12. The summed E-state index contributed by atoms with van der Waals surface area (Å²) in [5, 5.41) is 0. The van der Waals surface area contributed by atoms with Crippen LogP contribution >= 0.6 is 0 Å². The molecule has 9 heteroatoms. The number of rotatable bonds is 5. The molecule has 2 aromatic carbocycles. The number of carbonyl (C=O) groups excluding carboxylic acids is 2. The van der Waals surface area contributed by atoms with Crippen LogP contribution < -0.4 is 9.62 Å². The Bertz CT molecular complexity index is 940. The number of hydrogen-bond donors (Lipinski definition) is 1. The molecule has 1 N–H and O–H groups in total. The molecule has 2 aromatic rings. The zero-order valence-corrected chi connectivity index (χ0v) is 14.7. The van der Waals surface area contributed by atoms with E-state index in [2.05, 4.69) is 9.46 Å². The summed E-state index contributed by atoms with van der Waals surface area (Å²) < 4.78 is 36.9. The molecule has 0 unspecified atom stereocenters. The van der Waals surface area contributed by atoms with E-state index in [0.29, 0.717) is 18.8 Å². The molecule has 0 aliphatic carbocycles. The van der Waals surface area contributed by atoms with Gasteiger partial charge >= 0.3 is 12.1 Å². The Hall–Kier alpha value is -3.07. The molecule has 1 aliphatic heterocycles. The SMILES string of the molecule is COC(=O)c1cccc(NS(=O)(=O)c2ccc(N3CCOC3=O)cc2)c1. The molecule has 1 aliphatic rings. The standard InChI is InChI=1S/C17H16N2O6S/c1-24-16(20)12-3-2-4-13(11-12)18-26(22,23)15-7-5-14(6-8-15)19-9-10-25-17(19)21/h2-8,11,18H,9-10H2,1H3. The molecule has 0 atom stereocenters. The first-order valence-electron chi connectivity index (χ1n) is 7.66. The summed E-state index contributed by atoms with van der Waals surface area (Å²) in [6, 6.07) is 11.8. The Morgan fingerprint density at radius 2 is 1.92 bits per heavy atom.